The third-order valence-corrected chi connectivity index (χ3v) is 1.90. The number of hydrogen-bond acceptors (Lipinski definition) is 6. The highest BCUT2D eigenvalue weighted by molar-refractivity contribution is 5.78. The maximum absolute atomic E-state index is 10.8. The van der Waals surface area contributed by atoms with E-state index >= 15 is 0 Å². The summed E-state index contributed by atoms with van der Waals surface area (Å²) >= 11 is 0. The van der Waals surface area contributed by atoms with Crippen LogP contribution in [0.1, 0.15) is 19.8 Å². The lowest BCUT2D eigenvalue weighted by Crippen LogP contribution is -2.44. The van der Waals surface area contributed by atoms with Crippen molar-refractivity contribution >= 4 is 18.0 Å². The van der Waals surface area contributed by atoms with Crippen molar-refractivity contribution < 1.29 is 29.3 Å². The second kappa shape index (κ2) is 5.84. The number of carboxylic acids is 1. The van der Waals surface area contributed by atoms with Crippen LogP contribution in [0.15, 0.2) is 0 Å². The number of aliphatic carboxylic acids is 1. The summed E-state index contributed by atoms with van der Waals surface area (Å²) < 4.78 is 3.93. The van der Waals surface area contributed by atoms with Gasteiger partial charge in [0.05, 0.1) is 12.1 Å². The van der Waals surface area contributed by atoms with Gasteiger partial charge < -0.3 is 30.3 Å². The number of carbonyl (C=O) groups is 3. The molecule has 0 heterocycles. The van der Waals surface area contributed by atoms with Gasteiger partial charge in [0.25, 0.3) is 6.16 Å². The summed E-state index contributed by atoms with van der Waals surface area (Å²) in [4.78, 5) is 31.2. The van der Waals surface area contributed by atoms with Crippen molar-refractivity contribution in [3.63, 3.8) is 0 Å². The highest BCUT2D eigenvalue weighted by Gasteiger charge is 2.19. The summed E-state index contributed by atoms with van der Waals surface area (Å²) in [6.45, 7) is 1.61. The van der Waals surface area contributed by atoms with E-state index in [-0.39, 0.29) is 12.8 Å². The van der Waals surface area contributed by atoms with Crippen LogP contribution in [0.4, 0.5) is 4.79 Å². The zero-order valence-electron chi connectivity index (χ0n) is 8.10. The molecule has 7 heteroatoms. The van der Waals surface area contributed by atoms with E-state index in [1.165, 1.54) is 0 Å². The molecule has 0 spiro atoms. The van der Waals surface area contributed by atoms with Gasteiger partial charge in [-0.3, -0.25) is 4.79 Å². The van der Waals surface area contributed by atoms with Gasteiger partial charge in [0, 0.05) is 5.92 Å². The normalized spacial score (nSPS) is 13.9. The second-order valence-electron chi connectivity index (χ2n) is 2.92. The topological polar surface area (TPSA) is 133 Å². The number of amides is 1. The zero-order valence-corrected chi connectivity index (χ0v) is 8.10. The zero-order chi connectivity index (χ0) is 12.0. The van der Waals surface area contributed by atoms with Gasteiger partial charge in [-0.2, -0.15) is 0 Å². The molecule has 0 aromatic carbocycles. The van der Waals surface area contributed by atoms with Crippen LogP contribution in [0.3, 0.4) is 0 Å². The van der Waals surface area contributed by atoms with Crippen molar-refractivity contribution in [2.45, 2.75) is 25.9 Å². The first-order valence-electron chi connectivity index (χ1n) is 4.26. The van der Waals surface area contributed by atoms with Gasteiger partial charge in [0.2, 0.25) is 5.91 Å². The third kappa shape index (κ3) is 4.84. The van der Waals surface area contributed by atoms with Gasteiger partial charge in [-0.05, 0) is 12.8 Å². The summed E-state index contributed by atoms with van der Waals surface area (Å²) in [5, 5.41) is 20.4. The molecule has 0 rings (SSSR count). The van der Waals surface area contributed by atoms with E-state index in [1.54, 1.807) is 6.92 Å². The average Bonchev–Trinajstić information content (AvgIpc) is 2.10. The van der Waals surface area contributed by atoms with E-state index < -0.39 is 30.1 Å². The number of carbonyl (C=O) groups excluding carboxylic acids is 3. The molecule has 0 aromatic heterocycles. The standard InChI is InChI=1S/C8H13NO6/c1-2-4(6(9)10)3-5(7(11)12)15-8(13)14/h4-5H,2-3H2,1H3,(H2,9,10)(H,11,12)(H,13,14)/p-2. The summed E-state index contributed by atoms with van der Waals surface area (Å²) in [6, 6.07) is 0. The Labute approximate surface area is 85.8 Å². The van der Waals surface area contributed by atoms with Crippen molar-refractivity contribution in [1.82, 2.24) is 0 Å². The minimum absolute atomic E-state index is 0.287. The molecule has 1 amide bonds. The molecule has 0 saturated heterocycles. The Hall–Kier alpha value is -1.79. The Morgan fingerprint density at radius 1 is 1.33 bits per heavy atom. The van der Waals surface area contributed by atoms with Crippen LogP contribution in [0, 0.1) is 5.92 Å². The molecule has 0 fully saturated rings. The molecule has 2 atom stereocenters. The molecule has 15 heavy (non-hydrogen) atoms. The van der Waals surface area contributed by atoms with Crippen LogP contribution in [-0.4, -0.2) is 24.1 Å². The molecule has 0 aliphatic carbocycles. The number of hydrogen-bond donors (Lipinski definition) is 1. The van der Waals surface area contributed by atoms with Gasteiger partial charge in [-0.15, -0.1) is 0 Å². The quantitative estimate of drug-likeness (QED) is 0.484. The minimum Gasteiger partial charge on any atom is -0.548 e. The fourth-order valence-electron chi connectivity index (χ4n) is 1.05. The van der Waals surface area contributed by atoms with E-state index in [2.05, 4.69) is 4.74 Å². The van der Waals surface area contributed by atoms with Crippen molar-refractivity contribution in [3.05, 3.63) is 0 Å². The predicted octanol–water partition coefficient (Wildman–Crippen LogP) is -2.63. The number of primary amides is 1. The molecule has 0 aliphatic rings. The molecule has 0 radical (unpaired) electrons. The van der Waals surface area contributed by atoms with Crippen LogP contribution < -0.4 is 15.9 Å². The van der Waals surface area contributed by atoms with E-state index in [0.29, 0.717) is 0 Å². The van der Waals surface area contributed by atoms with E-state index in [4.69, 9.17) is 5.73 Å². The lowest BCUT2D eigenvalue weighted by atomic mass is 9.98. The third-order valence-electron chi connectivity index (χ3n) is 1.90. The van der Waals surface area contributed by atoms with Gasteiger partial charge in [0.15, 0.2) is 0 Å². The monoisotopic (exact) mass is 217 g/mol. The number of ether oxygens (including phenoxy) is 1. The maximum Gasteiger partial charge on any atom is 0.252 e. The molecule has 0 saturated carbocycles. The first-order chi connectivity index (χ1) is 6.88. The molecular weight excluding hydrogens is 206 g/mol. The molecule has 86 valence electrons. The molecule has 0 aromatic rings. The van der Waals surface area contributed by atoms with Crippen LogP contribution in [0.2, 0.25) is 0 Å². The average molecular weight is 217 g/mol. The second-order valence-corrected chi connectivity index (χ2v) is 2.92. The van der Waals surface area contributed by atoms with Crippen molar-refractivity contribution in [2.24, 2.45) is 11.7 Å². The highest BCUT2D eigenvalue weighted by atomic mass is 16.7. The van der Waals surface area contributed by atoms with Gasteiger partial charge in [0.1, 0.15) is 0 Å². The lowest BCUT2D eigenvalue weighted by Gasteiger charge is -2.25. The fraction of sp³-hybridized carbons (Fsp3) is 0.625. The van der Waals surface area contributed by atoms with Crippen LogP contribution >= 0.6 is 0 Å². The Kier molecular flexibility index (Phi) is 5.14. The van der Waals surface area contributed by atoms with Crippen molar-refractivity contribution in [2.75, 3.05) is 0 Å². The molecular formula is C8H11NO6-2. The van der Waals surface area contributed by atoms with Crippen molar-refractivity contribution in [3.8, 4) is 0 Å². The highest BCUT2D eigenvalue weighted by Crippen LogP contribution is 2.12. The molecule has 2 unspecified atom stereocenters. The van der Waals surface area contributed by atoms with Crippen LogP contribution in [0.25, 0.3) is 0 Å². The van der Waals surface area contributed by atoms with E-state index in [1.807, 2.05) is 0 Å². The Bertz CT molecular complexity index is 264. The van der Waals surface area contributed by atoms with Crippen LogP contribution in [0.5, 0.6) is 0 Å². The molecule has 0 bridgehead atoms. The lowest BCUT2D eigenvalue weighted by molar-refractivity contribution is -0.327. The van der Waals surface area contributed by atoms with Gasteiger partial charge in [-0.1, -0.05) is 6.92 Å². The smallest absolute Gasteiger partial charge is 0.252 e. The van der Waals surface area contributed by atoms with Gasteiger partial charge in [-0.25, -0.2) is 0 Å². The fourth-order valence-corrected chi connectivity index (χ4v) is 1.05. The summed E-state index contributed by atoms with van der Waals surface area (Å²) in [5.41, 5.74) is 4.96. The number of rotatable bonds is 6. The maximum atomic E-state index is 10.8. The Balaban J connectivity index is 4.45. The summed E-state index contributed by atoms with van der Waals surface area (Å²) in [6.07, 6.45) is -3.77. The number of carboxylic acid groups (broad SMARTS) is 2. The molecule has 0 aliphatic heterocycles. The largest absolute Gasteiger partial charge is 0.548 e. The minimum atomic E-state index is -1.98. The molecule has 7 nitrogen and oxygen atoms in total. The summed E-state index contributed by atoms with van der Waals surface area (Å²) in [7, 11) is 0. The predicted molar refractivity (Wildman–Crippen MR) is 42.9 cm³/mol. The first kappa shape index (κ1) is 13.2. The van der Waals surface area contributed by atoms with Crippen molar-refractivity contribution in [1.29, 1.82) is 0 Å². The molecule has 2 N–H and O–H groups in total. The van der Waals surface area contributed by atoms with E-state index in [9.17, 15) is 24.6 Å². The summed E-state index contributed by atoms with van der Waals surface area (Å²) in [5.74, 6) is -3.21. The van der Waals surface area contributed by atoms with Gasteiger partial charge >= 0.3 is 0 Å². The first-order valence-corrected chi connectivity index (χ1v) is 4.26. The van der Waals surface area contributed by atoms with Crippen LogP contribution in [-0.2, 0) is 14.3 Å². The van der Waals surface area contributed by atoms with E-state index in [0.717, 1.165) is 0 Å². The number of nitrogens with two attached hydrogens (primary N) is 1. The Morgan fingerprint density at radius 3 is 2.13 bits per heavy atom. The SMILES string of the molecule is CCC(CC(OC(=O)[O-])C(=O)[O-])C(N)=O. The Morgan fingerprint density at radius 2 is 1.87 bits per heavy atom.